The van der Waals surface area contributed by atoms with E-state index in [1.54, 1.807) is 6.92 Å². The van der Waals surface area contributed by atoms with Gasteiger partial charge in [0.1, 0.15) is 0 Å². The lowest BCUT2D eigenvalue weighted by molar-refractivity contribution is 0.317. The molecule has 1 rings (SSSR count). The summed E-state index contributed by atoms with van der Waals surface area (Å²) in [5, 5.41) is 7.92. The summed E-state index contributed by atoms with van der Waals surface area (Å²) in [5.41, 5.74) is 0.517. The third kappa shape index (κ3) is 2.56. The Kier molecular flexibility index (Phi) is 1.83. The van der Waals surface area contributed by atoms with Crippen molar-refractivity contribution in [1.29, 1.82) is 0 Å². The van der Waals surface area contributed by atoms with Crippen molar-refractivity contribution in [3.63, 3.8) is 0 Å². The smallest absolute Gasteiger partial charge is 0.332 e. The van der Waals surface area contributed by atoms with Gasteiger partial charge in [-0.3, -0.25) is 0 Å². The molecular weight excluding hydrogens is 172 g/mol. The van der Waals surface area contributed by atoms with Crippen LogP contribution in [0.4, 0.5) is 0 Å². The first kappa shape index (κ1) is 8.02. The van der Waals surface area contributed by atoms with Crippen LogP contribution in [-0.2, 0) is 10.3 Å². The van der Waals surface area contributed by atoms with Crippen LogP contribution in [0.1, 0.15) is 5.69 Å². The first-order valence-corrected chi connectivity index (χ1v) is 4.10. The van der Waals surface area contributed by atoms with Gasteiger partial charge in [0, 0.05) is 6.07 Å². The number of hydrogen-bond acceptors (Lipinski definition) is 5. The Morgan fingerprint density at radius 1 is 1.73 bits per heavy atom. The molecule has 0 aliphatic rings. The van der Waals surface area contributed by atoms with Crippen LogP contribution in [0.2, 0.25) is 0 Å². The second-order valence-electron chi connectivity index (χ2n) is 1.86. The van der Waals surface area contributed by atoms with Gasteiger partial charge < -0.3 is 8.71 Å². The molecule has 0 aliphatic carbocycles. The Balaban J connectivity index is 2.81. The zero-order valence-electron chi connectivity index (χ0n) is 5.64. The summed E-state index contributed by atoms with van der Waals surface area (Å²) >= 11 is 0. The number of hydrogen-bond donors (Lipinski definition) is 1. The second kappa shape index (κ2) is 2.51. The Bertz CT molecular complexity index is 341. The molecule has 7 heteroatoms. The molecule has 2 N–H and O–H groups in total. The van der Waals surface area contributed by atoms with E-state index in [4.69, 9.17) is 0 Å². The highest BCUT2D eigenvalue weighted by Crippen LogP contribution is 2.11. The number of nitrogens with two attached hydrogens (primary N) is 1. The molecule has 1 aromatic rings. The summed E-state index contributed by atoms with van der Waals surface area (Å²) in [4.78, 5) is 0. The third-order valence-corrected chi connectivity index (χ3v) is 1.20. The van der Waals surface area contributed by atoms with Crippen LogP contribution in [0.15, 0.2) is 10.6 Å². The quantitative estimate of drug-likeness (QED) is 0.662. The number of aromatic nitrogens is 1. The minimum absolute atomic E-state index is 0.231. The summed E-state index contributed by atoms with van der Waals surface area (Å²) in [6.45, 7) is 1.62. The molecule has 6 nitrogen and oxygen atoms in total. The van der Waals surface area contributed by atoms with Crippen LogP contribution >= 0.6 is 0 Å². The molecule has 62 valence electrons. The fraction of sp³-hybridized carbons (Fsp3) is 0.250. The Morgan fingerprint density at radius 2 is 2.36 bits per heavy atom. The highest BCUT2D eigenvalue weighted by molar-refractivity contribution is 7.84. The first-order valence-electron chi connectivity index (χ1n) is 2.63. The standard InChI is InChI=1S/C4H6N2O4S/c1-3-2-4(9-6-3)10-11(5,7)8/h2H,1H3,(H2,5,7,8). The maximum Gasteiger partial charge on any atom is 0.382 e. The summed E-state index contributed by atoms with van der Waals surface area (Å²) in [5.74, 6) is -0.231. The zero-order valence-corrected chi connectivity index (χ0v) is 6.46. The Morgan fingerprint density at radius 3 is 2.73 bits per heavy atom. The van der Waals surface area contributed by atoms with Gasteiger partial charge >= 0.3 is 16.3 Å². The fourth-order valence-electron chi connectivity index (χ4n) is 0.494. The normalized spacial score (nSPS) is 11.5. The first-order chi connectivity index (χ1) is 4.97. The van der Waals surface area contributed by atoms with Gasteiger partial charge in [-0.15, -0.1) is 0 Å². The molecule has 0 aromatic carbocycles. The average Bonchev–Trinajstić information content (AvgIpc) is 2.10. The highest BCUT2D eigenvalue weighted by Gasteiger charge is 2.08. The molecule has 0 atom stereocenters. The number of aryl methyl sites for hydroxylation is 1. The molecule has 0 amide bonds. The van der Waals surface area contributed by atoms with Gasteiger partial charge in [0.25, 0.3) is 0 Å². The largest absolute Gasteiger partial charge is 0.382 e. The molecule has 0 spiro atoms. The van der Waals surface area contributed by atoms with E-state index in [0.717, 1.165) is 0 Å². The van der Waals surface area contributed by atoms with Gasteiger partial charge in [0.2, 0.25) is 0 Å². The van der Waals surface area contributed by atoms with Crippen LogP contribution in [-0.4, -0.2) is 13.6 Å². The molecule has 0 fully saturated rings. The summed E-state index contributed by atoms with van der Waals surface area (Å²) in [7, 11) is -4.00. The lowest BCUT2D eigenvalue weighted by atomic mass is 10.5. The minimum atomic E-state index is -4.00. The van der Waals surface area contributed by atoms with Crippen molar-refractivity contribution in [2.24, 2.45) is 5.14 Å². The van der Waals surface area contributed by atoms with Crippen molar-refractivity contribution in [2.75, 3.05) is 0 Å². The molecule has 0 aliphatic heterocycles. The van der Waals surface area contributed by atoms with Crippen LogP contribution < -0.4 is 9.32 Å². The van der Waals surface area contributed by atoms with Crippen LogP contribution in [0.5, 0.6) is 5.95 Å². The average molecular weight is 178 g/mol. The Labute approximate surface area is 63.2 Å². The minimum Gasteiger partial charge on any atom is -0.332 e. The van der Waals surface area contributed by atoms with Crippen molar-refractivity contribution >= 4 is 10.3 Å². The van der Waals surface area contributed by atoms with Crippen molar-refractivity contribution in [3.05, 3.63) is 11.8 Å². The van der Waals surface area contributed by atoms with Crippen LogP contribution in [0, 0.1) is 6.92 Å². The monoisotopic (exact) mass is 178 g/mol. The molecule has 0 unspecified atom stereocenters. The van der Waals surface area contributed by atoms with Crippen LogP contribution in [0.3, 0.4) is 0 Å². The van der Waals surface area contributed by atoms with Gasteiger partial charge in [-0.05, 0) is 6.92 Å². The summed E-state index contributed by atoms with van der Waals surface area (Å²) < 4.78 is 29.1. The van der Waals surface area contributed by atoms with Gasteiger partial charge in [-0.1, -0.05) is 5.16 Å². The Hall–Kier alpha value is -1.08. The molecule has 0 bridgehead atoms. The van der Waals surface area contributed by atoms with E-state index >= 15 is 0 Å². The molecule has 0 saturated carbocycles. The molecule has 0 saturated heterocycles. The highest BCUT2D eigenvalue weighted by atomic mass is 32.2. The molecule has 0 radical (unpaired) electrons. The number of rotatable bonds is 2. The van der Waals surface area contributed by atoms with E-state index in [1.165, 1.54) is 6.07 Å². The predicted molar refractivity (Wildman–Crippen MR) is 35.0 cm³/mol. The van der Waals surface area contributed by atoms with E-state index in [2.05, 4.69) is 19.0 Å². The number of nitrogens with zero attached hydrogens (tertiary/aromatic N) is 1. The van der Waals surface area contributed by atoms with Crippen molar-refractivity contribution in [1.82, 2.24) is 5.16 Å². The van der Waals surface area contributed by atoms with Gasteiger partial charge in [-0.2, -0.15) is 13.6 Å². The maximum atomic E-state index is 10.3. The molecule has 11 heavy (non-hydrogen) atoms. The van der Waals surface area contributed by atoms with E-state index in [-0.39, 0.29) is 5.95 Å². The van der Waals surface area contributed by atoms with Gasteiger partial charge in [0.05, 0.1) is 5.69 Å². The zero-order chi connectivity index (χ0) is 8.48. The molecule has 1 heterocycles. The van der Waals surface area contributed by atoms with Crippen LogP contribution in [0.25, 0.3) is 0 Å². The topological polar surface area (TPSA) is 95.4 Å². The van der Waals surface area contributed by atoms with E-state index in [1.807, 2.05) is 0 Å². The van der Waals surface area contributed by atoms with Gasteiger partial charge in [0.15, 0.2) is 0 Å². The lowest BCUT2D eigenvalue weighted by Gasteiger charge is -1.92. The lowest BCUT2D eigenvalue weighted by Crippen LogP contribution is -2.18. The fourth-order valence-corrected chi connectivity index (χ4v) is 0.801. The van der Waals surface area contributed by atoms with Crippen molar-refractivity contribution in [2.45, 2.75) is 6.92 Å². The molecule has 1 aromatic heterocycles. The van der Waals surface area contributed by atoms with Gasteiger partial charge in [-0.25, -0.2) is 0 Å². The summed E-state index contributed by atoms with van der Waals surface area (Å²) in [6.07, 6.45) is 0. The SMILES string of the molecule is Cc1cc(OS(N)(=O)=O)on1. The van der Waals surface area contributed by atoms with E-state index in [0.29, 0.717) is 5.69 Å². The van der Waals surface area contributed by atoms with E-state index < -0.39 is 10.3 Å². The summed E-state index contributed by atoms with van der Waals surface area (Å²) in [6, 6.07) is 1.31. The second-order valence-corrected chi connectivity index (χ2v) is 3.02. The predicted octanol–water partition coefficient (Wildman–Crippen LogP) is -0.435. The third-order valence-electron chi connectivity index (χ3n) is 0.805. The maximum absolute atomic E-state index is 10.3. The van der Waals surface area contributed by atoms with Crippen molar-refractivity contribution in [3.8, 4) is 5.95 Å². The van der Waals surface area contributed by atoms with Crippen molar-refractivity contribution < 1.29 is 17.1 Å². The van der Waals surface area contributed by atoms with E-state index in [9.17, 15) is 8.42 Å². The molecular formula is C4H6N2O4S.